The highest BCUT2D eigenvalue weighted by Crippen LogP contribution is 2.58. The van der Waals surface area contributed by atoms with Crippen molar-refractivity contribution in [1.29, 1.82) is 0 Å². The Morgan fingerprint density at radius 2 is 1.36 bits per heavy atom. The van der Waals surface area contributed by atoms with Gasteiger partial charge in [0.1, 0.15) is 58.2 Å². The van der Waals surface area contributed by atoms with Crippen molar-refractivity contribution in [3.63, 3.8) is 0 Å². The first-order valence-electron chi connectivity index (χ1n) is 16.1. The number of carbonyl (C=O) groups is 3. The van der Waals surface area contributed by atoms with Gasteiger partial charge in [-0.3, -0.25) is 9.69 Å². The van der Waals surface area contributed by atoms with Crippen LogP contribution in [-0.2, 0) is 25.7 Å². The van der Waals surface area contributed by atoms with Crippen LogP contribution in [0.5, 0.6) is 5.75 Å². The number of hydrogen-bond acceptors (Lipinski definition) is 7. The lowest BCUT2D eigenvalue weighted by molar-refractivity contribution is -0.152. The highest BCUT2D eigenvalue weighted by atomic mass is 127. The third kappa shape index (κ3) is 7.87. The second kappa shape index (κ2) is 16.0. The normalized spacial score (nSPS) is 17.1. The average molecular weight is 823 g/mol. The second-order valence-corrected chi connectivity index (χ2v) is 17.5. The summed E-state index contributed by atoms with van der Waals surface area (Å²) in [6.07, 6.45) is -0.155. The number of alkyl carbamates (subject to hydrolysis) is 1. The summed E-state index contributed by atoms with van der Waals surface area (Å²) in [5, 5.41) is 5.75. The maximum Gasteiger partial charge on any atom is 0.408 e. The number of nitrogens with one attached hydrogen (secondary N) is 1. The summed E-state index contributed by atoms with van der Waals surface area (Å²) in [6, 6.07) is 37.7. The summed E-state index contributed by atoms with van der Waals surface area (Å²) in [7, 11) is -0.813. The van der Waals surface area contributed by atoms with Crippen molar-refractivity contribution >= 4 is 52.9 Å². The molecule has 260 valence electrons. The molecule has 0 aliphatic carbocycles. The van der Waals surface area contributed by atoms with Crippen molar-refractivity contribution in [2.24, 2.45) is 0 Å². The van der Waals surface area contributed by atoms with Gasteiger partial charge in [0, 0.05) is 11.3 Å². The predicted molar refractivity (Wildman–Crippen MR) is 196 cm³/mol. The fraction of sp³-hybridized carbons (Fsp3) is 0.256. The van der Waals surface area contributed by atoms with Crippen LogP contribution in [0.15, 0.2) is 127 Å². The first kappa shape index (κ1) is 37.4. The van der Waals surface area contributed by atoms with E-state index < -0.39 is 36.3 Å². The molecule has 6 rings (SSSR count). The molecule has 0 aromatic heterocycles. The molecule has 0 saturated carbocycles. The average Bonchev–Trinajstić information content (AvgIpc) is 3.12. The number of esters is 1. The molecule has 2 atom stereocenters. The summed E-state index contributed by atoms with van der Waals surface area (Å²) in [6.45, 7) is 5.33. The molecule has 2 heterocycles. The number of methoxy groups -OCH3 is 1. The minimum absolute atomic E-state index is 0. The van der Waals surface area contributed by atoms with Gasteiger partial charge in [-0.05, 0) is 74.9 Å². The smallest absolute Gasteiger partial charge is 0.408 e. The van der Waals surface area contributed by atoms with Crippen LogP contribution in [0, 0.1) is 0 Å². The summed E-state index contributed by atoms with van der Waals surface area (Å²) in [4.78, 5) is 42.3. The standard InChI is InChI=1S/C39H39N2O6PS.HI/c1-39(2,3)47-38(44)40-33-35(42)41-34(37(43)46-24-27-20-22-29(45-4)23-21-27)28(26-49-36(33)41)25-48(30-14-8-5-9-15-30,31-16-10-6-11-17-31)32-18-12-7-13-19-32;/h5-23,33,36H,24-26H2,1-4H3;1H/t33-,36-;/m1./s1. The lowest BCUT2D eigenvalue weighted by Crippen LogP contribution is -3.00. The van der Waals surface area contributed by atoms with Crippen LogP contribution in [0.25, 0.3) is 0 Å². The van der Waals surface area contributed by atoms with Crippen molar-refractivity contribution in [3.8, 4) is 5.75 Å². The zero-order chi connectivity index (χ0) is 34.6. The molecule has 4 aromatic rings. The molecule has 0 radical (unpaired) electrons. The predicted octanol–water partition coefficient (Wildman–Crippen LogP) is 2.80. The summed E-state index contributed by atoms with van der Waals surface area (Å²) in [5.74, 6) is 0.222. The fourth-order valence-electron chi connectivity index (χ4n) is 6.22. The number of rotatable bonds is 10. The van der Waals surface area contributed by atoms with E-state index in [9.17, 15) is 14.4 Å². The van der Waals surface area contributed by atoms with E-state index in [4.69, 9.17) is 14.2 Å². The van der Waals surface area contributed by atoms with Crippen LogP contribution in [0.2, 0.25) is 0 Å². The Balaban J connectivity index is 0.00000486. The highest BCUT2D eigenvalue weighted by molar-refractivity contribution is 8.00. The Morgan fingerprint density at radius 1 is 0.840 bits per heavy atom. The molecule has 2 aliphatic rings. The van der Waals surface area contributed by atoms with Crippen molar-refractivity contribution in [1.82, 2.24) is 10.2 Å². The Hall–Kier alpha value is -3.86. The number of ether oxygens (including phenoxy) is 3. The fourth-order valence-corrected chi connectivity index (χ4v) is 12.0. The number of amides is 2. The van der Waals surface area contributed by atoms with Crippen molar-refractivity contribution in [2.45, 2.75) is 44.4 Å². The van der Waals surface area contributed by atoms with Crippen molar-refractivity contribution in [3.05, 3.63) is 132 Å². The topological polar surface area (TPSA) is 94.2 Å². The van der Waals surface area contributed by atoms with E-state index in [-0.39, 0.29) is 42.2 Å². The molecule has 2 aliphatic heterocycles. The third-order valence-corrected chi connectivity index (χ3v) is 14.2. The van der Waals surface area contributed by atoms with Gasteiger partial charge >= 0.3 is 12.1 Å². The molecule has 11 heteroatoms. The summed E-state index contributed by atoms with van der Waals surface area (Å²) < 4.78 is 16.7. The monoisotopic (exact) mass is 822 g/mol. The van der Waals surface area contributed by atoms with Crippen LogP contribution >= 0.6 is 19.0 Å². The molecular formula is C39H40IN2O6PS. The van der Waals surface area contributed by atoms with E-state index in [0.717, 1.165) is 27.1 Å². The Labute approximate surface area is 315 Å². The minimum atomic E-state index is -2.41. The number of fused-ring (bicyclic) bond motifs is 1. The van der Waals surface area contributed by atoms with Gasteiger partial charge in [-0.15, -0.1) is 11.8 Å². The summed E-state index contributed by atoms with van der Waals surface area (Å²) in [5.41, 5.74) is 1.14. The molecule has 1 N–H and O–H groups in total. The lowest BCUT2D eigenvalue weighted by atomic mass is 10.0. The Morgan fingerprint density at radius 3 is 1.84 bits per heavy atom. The van der Waals surface area contributed by atoms with Gasteiger partial charge in [0.15, 0.2) is 0 Å². The number of thioether (sulfide) groups is 1. The largest absolute Gasteiger partial charge is 1.00 e. The molecule has 1 saturated heterocycles. The van der Waals surface area contributed by atoms with Crippen molar-refractivity contribution in [2.75, 3.05) is 19.0 Å². The molecular weight excluding hydrogens is 782 g/mol. The molecule has 50 heavy (non-hydrogen) atoms. The minimum Gasteiger partial charge on any atom is -1.00 e. The van der Waals surface area contributed by atoms with Gasteiger partial charge in [-0.1, -0.05) is 66.7 Å². The Kier molecular flexibility index (Phi) is 12.0. The number of halogens is 1. The first-order valence-corrected chi connectivity index (χ1v) is 19.1. The zero-order valence-electron chi connectivity index (χ0n) is 28.4. The van der Waals surface area contributed by atoms with Crippen molar-refractivity contribution < 1.29 is 52.6 Å². The van der Waals surface area contributed by atoms with E-state index in [1.165, 1.54) is 16.7 Å². The van der Waals surface area contributed by atoms with Crippen LogP contribution in [-0.4, -0.2) is 58.9 Å². The van der Waals surface area contributed by atoms with E-state index in [1.54, 1.807) is 27.9 Å². The van der Waals surface area contributed by atoms with Gasteiger partial charge in [-0.25, -0.2) is 9.59 Å². The van der Waals surface area contributed by atoms with E-state index >= 15 is 0 Å². The number of hydrogen-bond donors (Lipinski definition) is 1. The first-order chi connectivity index (χ1) is 23.6. The zero-order valence-corrected chi connectivity index (χ0v) is 32.2. The lowest BCUT2D eigenvalue weighted by Gasteiger charge is -2.49. The molecule has 4 aromatic carbocycles. The maximum absolute atomic E-state index is 14.2. The SMILES string of the molecule is COc1ccc(COC(=O)C2=C(C[P+](c3ccccc3)(c3ccccc3)c3ccccc3)CS[C@@H]3[C@H](NC(=O)OC(C)(C)C)C(=O)N23)cc1.[I-]. The number of benzene rings is 4. The van der Waals surface area contributed by atoms with E-state index in [2.05, 4.69) is 41.7 Å². The summed E-state index contributed by atoms with van der Waals surface area (Å²) >= 11 is 1.53. The number of β-lactam (4-membered cyclic amide) rings is 1. The second-order valence-electron chi connectivity index (χ2n) is 12.9. The van der Waals surface area contributed by atoms with Crippen LogP contribution in [0.3, 0.4) is 0 Å². The van der Waals surface area contributed by atoms with Gasteiger partial charge in [0.25, 0.3) is 5.91 Å². The van der Waals surface area contributed by atoms with Crippen LogP contribution in [0.4, 0.5) is 4.79 Å². The third-order valence-electron chi connectivity index (χ3n) is 8.46. The van der Waals surface area contributed by atoms with Crippen LogP contribution < -0.4 is 49.9 Å². The molecule has 8 nitrogen and oxygen atoms in total. The van der Waals surface area contributed by atoms with Gasteiger partial charge in [0.05, 0.1) is 13.3 Å². The van der Waals surface area contributed by atoms with Gasteiger partial charge in [0.2, 0.25) is 0 Å². The maximum atomic E-state index is 14.2. The van der Waals surface area contributed by atoms with Gasteiger partial charge in [-0.2, -0.15) is 0 Å². The molecule has 0 spiro atoms. The van der Waals surface area contributed by atoms with E-state index in [1.807, 2.05) is 78.9 Å². The quantitative estimate of drug-likeness (QED) is 0.114. The van der Waals surface area contributed by atoms with E-state index in [0.29, 0.717) is 17.7 Å². The highest BCUT2D eigenvalue weighted by Gasteiger charge is 2.57. The molecule has 0 unspecified atom stereocenters. The van der Waals surface area contributed by atoms with Gasteiger partial charge < -0.3 is 43.5 Å². The number of carbonyl (C=O) groups excluding carboxylic acids is 3. The Bertz CT molecular complexity index is 1740. The van der Waals surface area contributed by atoms with Crippen LogP contribution in [0.1, 0.15) is 26.3 Å². The molecule has 1 fully saturated rings. The molecule has 0 bridgehead atoms. The molecule has 2 amide bonds. The number of nitrogens with zero attached hydrogens (tertiary/aromatic N) is 1.